The molecule has 0 radical (unpaired) electrons. The quantitative estimate of drug-likeness (QED) is 0.371. The number of benzene rings is 1. The molecule has 1 amide bonds. The molecule has 0 aliphatic heterocycles. The molecule has 0 saturated heterocycles. The lowest BCUT2D eigenvalue weighted by molar-refractivity contribution is -0.143. The third kappa shape index (κ3) is 5.35. The number of nitrogens with zero attached hydrogens (tertiary/aromatic N) is 3. The van der Waals surface area contributed by atoms with Crippen LogP contribution >= 0.6 is 0 Å². The van der Waals surface area contributed by atoms with Crippen LogP contribution in [-0.2, 0) is 20.9 Å². The molecule has 7 heteroatoms. The van der Waals surface area contributed by atoms with Crippen molar-refractivity contribution in [3.63, 3.8) is 0 Å². The first-order valence-corrected chi connectivity index (χ1v) is 9.83. The zero-order valence-electron chi connectivity index (χ0n) is 17.7. The van der Waals surface area contributed by atoms with Crippen LogP contribution in [0.4, 0.5) is 10.1 Å². The minimum absolute atomic E-state index is 0.177. The molecule has 0 spiro atoms. The third-order valence-electron chi connectivity index (χ3n) is 4.78. The molecular formula is C23H26FN3O3. The second-order valence-corrected chi connectivity index (χ2v) is 6.84. The topological polar surface area (TPSA) is 75.3 Å². The lowest BCUT2D eigenvalue weighted by Gasteiger charge is -2.20. The molecule has 0 bridgehead atoms. The molecule has 2 aromatic rings. The number of hydrogen-bond donors (Lipinski definition) is 0. The smallest absolute Gasteiger partial charge is 0.349 e. The van der Waals surface area contributed by atoms with Gasteiger partial charge in [0.1, 0.15) is 17.5 Å². The van der Waals surface area contributed by atoms with E-state index in [0.717, 1.165) is 29.9 Å². The van der Waals surface area contributed by atoms with Crippen molar-refractivity contribution < 1.29 is 18.7 Å². The van der Waals surface area contributed by atoms with Gasteiger partial charge in [0.25, 0.3) is 5.91 Å². The lowest BCUT2D eigenvalue weighted by Crippen LogP contribution is -2.34. The van der Waals surface area contributed by atoms with Gasteiger partial charge in [-0.15, -0.1) is 0 Å². The van der Waals surface area contributed by atoms with Crippen molar-refractivity contribution >= 4 is 23.6 Å². The monoisotopic (exact) mass is 411 g/mol. The van der Waals surface area contributed by atoms with Crippen LogP contribution in [-0.4, -0.2) is 29.6 Å². The highest BCUT2D eigenvalue weighted by Gasteiger charge is 2.19. The van der Waals surface area contributed by atoms with E-state index in [1.807, 2.05) is 26.0 Å². The van der Waals surface area contributed by atoms with E-state index in [1.54, 1.807) is 6.92 Å². The predicted molar refractivity (Wildman–Crippen MR) is 113 cm³/mol. The number of amides is 1. The fraction of sp³-hybridized carbons (Fsp3) is 0.348. The number of esters is 1. The molecule has 0 N–H and O–H groups in total. The highest BCUT2D eigenvalue weighted by molar-refractivity contribution is 6.00. The summed E-state index contributed by atoms with van der Waals surface area (Å²) in [5.74, 6) is -1.73. The highest BCUT2D eigenvalue weighted by atomic mass is 19.1. The van der Waals surface area contributed by atoms with E-state index in [0.29, 0.717) is 12.2 Å². The minimum atomic E-state index is -0.860. The average molecular weight is 411 g/mol. The first-order chi connectivity index (χ1) is 14.3. The second-order valence-electron chi connectivity index (χ2n) is 6.84. The van der Waals surface area contributed by atoms with Crippen LogP contribution in [0, 0.1) is 31.0 Å². The maximum Gasteiger partial charge on any atom is 0.349 e. The van der Waals surface area contributed by atoms with E-state index in [9.17, 15) is 19.2 Å². The Labute approximate surface area is 176 Å². The van der Waals surface area contributed by atoms with Crippen LogP contribution in [0.25, 0.3) is 6.08 Å². The standard InChI is InChI=1S/C23H26FN3O3/c1-5-11-27-16(3)12-18(17(27)4)13-19(14-25)23(29)30-15-22(28)26(6-2)21-9-7-20(24)8-10-21/h7-10,12-13H,5-6,11,15H2,1-4H3/b19-13+. The van der Waals surface area contributed by atoms with E-state index in [4.69, 9.17) is 4.74 Å². The summed E-state index contributed by atoms with van der Waals surface area (Å²) in [6.07, 6.45) is 2.45. The first-order valence-electron chi connectivity index (χ1n) is 9.83. The molecular weight excluding hydrogens is 385 g/mol. The molecule has 0 atom stereocenters. The normalized spacial score (nSPS) is 11.1. The summed E-state index contributed by atoms with van der Waals surface area (Å²) in [4.78, 5) is 26.2. The number of likely N-dealkylation sites (N-methyl/N-ethyl adjacent to an activating group) is 1. The van der Waals surface area contributed by atoms with E-state index in [1.165, 1.54) is 35.2 Å². The van der Waals surface area contributed by atoms with Gasteiger partial charge in [0.2, 0.25) is 0 Å². The van der Waals surface area contributed by atoms with Crippen molar-refractivity contribution in [3.8, 4) is 6.07 Å². The maximum absolute atomic E-state index is 13.1. The van der Waals surface area contributed by atoms with E-state index in [-0.39, 0.29) is 5.57 Å². The van der Waals surface area contributed by atoms with Crippen LogP contribution in [0.15, 0.2) is 35.9 Å². The van der Waals surface area contributed by atoms with Gasteiger partial charge in [-0.25, -0.2) is 9.18 Å². The van der Waals surface area contributed by atoms with Crippen LogP contribution in [0.1, 0.15) is 37.2 Å². The number of ether oxygens (including phenoxy) is 1. The maximum atomic E-state index is 13.1. The summed E-state index contributed by atoms with van der Waals surface area (Å²) in [6.45, 7) is 8.40. The van der Waals surface area contributed by atoms with Gasteiger partial charge in [0.05, 0.1) is 0 Å². The second kappa shape index (κ2) is 10.4. The van der Waals surface area contributed by atoms with Gasteiger partial charge in [0.15, 0.2) is 6.61 Å². The van der Waals surface area contributed by atoms with Crippen molar-refractivity contribution in [3.05, 3.63) is 58.7 Å². The summed E-state index contributed by atoms with van der Waals surface area (Å²) in [5, 5.41) is 9.40. The number of carbonyl (C=O) groups is 2. The van der Waals surface area contributed by atoms with Crippen LogP contribution < -0.4 is 4.90 Å². The lowest BCUT2D eigenvalue weighted by atomic mass is 10.1. The van der Waals surface area contributed by atoms with E-state index >= 15 is 0 Å². The van der Waals surface area contributed by atoms with Crippen LogP contribution in [0.5, 0.6) is 0 Å². The molecule has 0 saturated carbocycles. The van der Waals surface area contributed by atoms with E-state index in [2.05, 4.69) is 11.5 Å². The molecule has 2 rings (SSSR count). The largest absolute Gasteiger partial charge is 0.451 e. The van der Waals surface area contributed by atoms with Crippen molar-refractivity contribution in [1.82, 2.24) is 4.57 Å². The van der Waals surface area contributed by atoms with Crippen molar-refractivity contribution in [2.75, 3.05) is 18.1 Å². The van der Waals surface area contributed by atoms with Gasteiger partial charge < -0.3 is 14.2 Å². The number of rotatable bonds is 8. The number of halogens is 1. The minimum Gasteiger partial charge on any atom is -0.451 e. The average Bonchev–Trinajstić information content (AvgIpc) is 2.99. The van der Waals surface area contributed by atoms with Crippen LogP contribution in [0.2, 0.25) is 0 Å². The Hall–Kier alpha value is -3.40. The SMILES string of the molecule is CCCn1c(C)cc(/C=C(\C#N)C(=O)OCC(=O)N(CC)c2ccc(F)cc2)c1C. The van der Waals surface area contributed by atoms with E-state index < -0.39 is 24.3 Å². The number of aromatic nitrogens is 1. The molecule has 6 nitrogen and oxygen atoms in total. The zero-order chi connectivity index (χ0) is 22.3. The highest BCUT2D eigenvalue weighted by Crippen LogP contribution is 2.19. The predicted octanol–water partition coefficient (Wildman–Crippen LogP) is 4.16. The summed E-state index contributed by atoms with van der Waals surface area (Å²) in [7, 11) is 0. The molecule has 30 heavy (non-hydrogen) atoms. The molecule has 158 valence electrons. The van der Waals surface area contributed by atoms with Gasteiger partial charge in [-0.05, 0) is 69.2 Å². The number of carbonyl (C=O) groups excluding carboxylic acids is 2. The van der Waals surface area contributed by atoms with Gasteiger partial charge in [-0.3, -0.25) is 4.79 Å². The molecule has 0 aliphatic rings. The molecule has 0 unspecified atom stereocenters. The molecule has 1 aromatic heterocycles. The Bertz CT molecular complexity index is 984. The number of nitriles is 1. The molecule has 1 heterocycles. The first kappa shape index (κ1) is 22.9. The summed E-state index contributed by atoms with van der Waals surface area (Å²) in [5.41, 5.74) is 3.09. The molecule has 0 fully saturated rings. The molecule has 1 aromatic carbocycles. The van der Waals surface area contributed by atoms with Gasteiger partial charge >= 0.3 is 5.97 Å². The number of aryl methyl sites for hydroxylation is 1. The van der Waals surface area contributed by atoms with Gasteiger partial charge in [-0.2, -0.15) is 5.26 Å². The Morgan fingerprint density at radius 1 is 1.23 bits per heavy atom. The molecule has 0 aliphatic carbocycles. The zero-order valence-corrected chi connectivity index (χ0v) is 17.7. The van der Waals surface area contributed by atoms with Gasteiger partial charge in [0, 0.05) is 30.2 Å². The Balaban J connectivity index is 2.11. The Kier molecular flexibility index (Phi) is 7.93. The van der Waals surface area contributed by atoms with Crippen molar-refractivity contribution in [1.29, 1.82) is 5.26 Å². The number of anilines is 1. The summed E-state index contributed by atoms with van der Waals surface area (Å²) in [6, 6.07) is 9.23. The third-order valence-corrected chi connectivity index (χ3v) is 4.78. The fourth-order valence-corrected chi connectivity index (χ4v) is 3.24. The van der Waals surface area contributed by atoms with Crippen LogP contribution in [0.3, 0.4) is 0 Å². The number of hydrogen-bond acceptors (Lipinski definition) is 4. The van der Waals surface area contributed by atoms with Crippen molar-refractivity contribution in [2.45, 2.75) is 40.7 Å². The Morgan fingerprint density at radius 2 is 1.90 bits per heavy atom. The Morgan fingerprint density at radius 3 is 2.47 bits per heavy atom. The summed E-state index contributed by atoms with van der Waals surface area (Å²) < 4.78 is 20.3. The fourth-order valence-electron chi connectivity index (χ4n) is 3.24. The van der Waals surface area contributed by atoms with Gasteiger partial charge in [-0.1, -0.05) is 6.92 Å². The van der Waals surface area contributed by atoms with Crippen molar-refractivity contribution in [2.24, 2.45) is 0 Å². The summed E-state index contributed by atoms with van der Waals surface area (Å²) >= 11 is 0.